The summed E-state index contributed by atoms with van der Waals surface area (Å²) < 4.78 is 5.37. The van der Waals surface area contributed by atoms with Crippen LogP contribution in [0.5, 0.6) is 6.01 Å². The predicted molar refractivity (Wildman–Crippen MR) is 70.6 cm³/mol. The molecule has 1 unspecified atom stereocenters. The van der Waals surface area contributed by atoms with Crippen LogP contribution in [0.15, 0.2) is 0 Å². The first-order chi connectivity index (χ1) is 8.96. The summed E-state index contributed by atoms with van der Waals surface area (Å²) in [5.74, 6) is 5.44. The summed E-state index contributed by atoms with van der Waals surface area (Å²) in [6.45, 7) is 5.38. The Morgan fingerprint density at radius 2 is 1.84 bits per heavy atom. The molecule has 0 aliphatic rings. The highest BCUT2D eigenvalue weighted by atomic mass is 16.5. The van der Waals surface area contributed by atoms with Gasteiger partial charge in [0.25, 0.3) is 0 Å². The van der Waals surface area contributed by atoms with E-state index in [1.807, 2.05) is 13.8 Å². The Morgan fingerprint density at radius 3 is 2.37 bits per heavy atom. The minimum Gasteiger partial charge on any atom is -0.461 e. The van der Waals surface area contributed by atoms with E-state index in [2.05, 4.69) is 31.0 Å². The Kier molecular flexibility index (Phi) is 5.24. The van der Waals surface area contributed by atoms with Gasteiger partial charge in [-0.1, -0.05) is 0 Å². The van der Waals surface area contributed by atoms with Crippen molar-refractivity contribution < 1.29 is 9.53 Å². The van der Waals surface area contributed by atoms with Gasteiger partial charge in [0.2, 0.25) is 17.8 Å². The van der Waals surface area contributed by atoms with Crippen molar-refractivity contribution >= 4 is 17.8 Å². The number of carbonyl (C=O) groups excluding carboxylic acids is 1. The molecule has 0 bridgehead atoms. The zero-order valence-corrected chi connectivity index (χ0v) is 11.4. The van der Waals surface area contributed by atoms with E-state index in [0.717, 1.165) is 0 Å². The lowest BCUT2D eigenvalue weighted by Gasteiger charge is -2.14. The average molecular weight is 269 g/mol. The third kappa shape index (κ3) is 4.54. The number of anilines is 2. The molecule has 1 rings (SSSR count). The van der Waals surface area contributed by atoms with Crippen molar-refractivity contribution in [2.75, 3.05) is 17.8 Å². The van der Waals surface area contributed by atoms with E-state index in [-0.39, 0.29) is 29.9 Å². The third-order valence-electron chi connectivity index (χ3n) is 2.07. The lowest BCUT2D eigenvalue weighted by molar-refractivity contribution is -0.121. The molecule has 1 aromatic rings. The van der Waals surface area contributed by atoms with Gasteiger partial charge < -0.3 is 15.4 Å². The summed E-state index contributed by atoms with van der Waals surface area (Å²) in [6.07, 6.45) is -0.0859. The molecule has 1 amide bonds. The fraction of sp³-hybridized carbons (Fsp3) is 0.600. The number of carbonyl (C=O) groups is 1. The maximum Gasteiger partial charge on any atom is 0.323 e. The first-order valence-electron chi connectivity index (χ1n) is 5.83. The highest BCUT2D eigenvalue weighted by molar-refractivity contribution is 5.83. The molecule has 9 heteroatoms. The van der Waals surface area contributed by atoms with Crippen LogP contribution in [0.3, 0.4) is 0 Å². The Hall–Kier alpha value is -2.16. The van der Waals surface area contributed by atoms with Gasteiger partial charge >= 0.3 is 6.01 Å². The monoisotopic (exact) mass is 269 g/mol. The second kappa shape index (κ2) is 6.69. The zero-order valence-electron chi connectivity index (χ0n) is 11.4. The van der Waals surface area contributed by atoms with Crippen LogP contribution in [0, 0.1) is 0 Å². The van der Waals surface area contributed by atoms with Gasteiger partial charge in [-0.25, -0.2) is 5.84 Å². The minimum atomic E-state index is -0.495. The topological polar surface area (TPSA) is 127 Å². The number of hydrazine groups is 1. The minimum absolute atomic E-state index is 0.0859. The molecule has 0 aromatic carbocycles. The van der Waals surface area contributed by atoms with Crippen molar-refractivity contribution in [3.8, 4) is 6.01 Å². The Balaban J connectivity index is 2.90. The summed E-state index contributed by atoms with van der Waals surface area (Å²) >= 11 is 0. The largest absolute Gasteiger partial charge is 0.461 e. The lowest BCUT2D eigenvalue weighted by atomic mass is 10.3. The van der Waals surface area contributed by atoms with E-state index in [1.54, 1.807) is 14.0 Å². The fourth-order valence-electron chi connectivity index (χ4n) is 1.22. The molecule has 0 saturated carbocycles. The third-order valence-corrected chi connectivity index (χ3v) is 2.07. The first-order valence-corrected chi connectivity index (χ1v) is 5.83. The Labute approximate surface area is 111 Å². The van der Waals surface area contributed by atoms with Crippen molar-refractivity contribution in [1.29, 1.82) is 0 Å². The van der Waals surface area contributed by atoms with Gasteiger partial charge in [-0.2, -0.15) is 15.0 Å². The van der Waals surface area contributed by atoms with E-state index >= 15 is 0 Å². The van der Waals surface area contributed by atoms with Gasteiger partial charge in [0.15, 0.2) is 0 Å². The Morgan fingerprint density at radius 1 is 1.21 bits per heavy atom. The number of aromatic nitrogens is 3. The maximum absolute atomic E-state index is 11.4. The molecule has 106 valence electrons. The molecule has 0 fully saturated rings. The van der Waals surface area contributed by atoms with Gasteiger partial charge in [0.1, 0.15) is 6.04 Å². The normalized spacial score (nSPS) is 11.9. The molecule has 1 aromatic heterocycles. The molecule has 0 spiro atoms. The number of nitrogen functional groups attached to an aromatic ring is 1. The van der Waals surface area contributed by atoms with Crippen LogP contribution in [0.25, 0.3) is 0 Å². The van der Waals surface area contributed by atoms with Crippen LogP contribution in [-0.2, 0) is 4.79 Å². The first kappa shape index (κ1) is 14.9. The van der Waals surface area contributed by atoms with Gasteiger partial charge in [0, 0.05) is 7.05 Å². The standard InChI is InChI=1S/C10H19N7O2/c1-5(2)19-10-15-8(14-9(16-10)17-11)13-6(3)7(18)12-4/h5-6H,11H2,1-4H3,(H,12,18)(H2,13,14,15,16,17). The van der Waals surface area contributed by atoms with Crippen LogP contribution in [0.1, 0.15) is 20.8 Å². The smallest absolute Gasteiger partial charge is 0.323 e. The van der Waals surface area contributed by atoms with Crippen LogP contribution in [0.4, 0.5) is 11.9 Å². The molecule has 1 heterocycles. The Bertz CT molecular complexity index is 438. The summed E-state index contributed by atoms with van der Waals surface area (Å²) in [4.78, 5) is 23.4. The van der Waals surface area contributed by atoms with Crippen molar-refractivity contribution in [1.82, 2.24) is 20.3 Å². The van der Waals surface area contributed by atoms with Crippen LogP contribution in [0.2, 0.25) is 0 Å². The lowest BCUT2D eigenvalue weighted by Crippen LogP contribution is -2.35. The average Bonchev–Trinajstić information content (AvgIpc) is 2.36. The van der Waals surface area contributed by atoms with Crippen LogP contribution < -0.4 is 26.6 Å². The number of nitrogens with two attached hydrogens (primary N) is 1. The van der Waals surface area contributed by atoms with Gasteiger partial charge in [-0.3, -0.25) is 10.2 Å². The number of ether oxygens (including phenoxy) is 1. The quantitative estimate of drug-likeness (QED) is 0.402. The molecular weight excluding hydrogens is 250 g/mol. The van der Waals surface area contributed by atoms with E-state index in [4.69, 9.17) is 10.6 Å². The molecule has 9 nitrogen and oxygen atoms in total. The molecule has 0 aliphatic heterocycles. The summed E-state index contributed by atoms with van der Waals surface area (Å²) in [5.41, 5.74) is 2.31. The number of nitrogens with one attached hydrogen (secondary N) is 3. The highest BCUT2D eigenvalue weighted by Gasteiger charge is 2.14. The molecule has 1 atom stereocenters. The van der Waals surface area contributed by atoms with Crippen LogP contribution in [-0.4, -0.2) is 40.1 Å². The molecule has 5 N–H and O–H groups in total. The second-order valence-electron chi connectivity index (χ2n) is 4.06. The van der Waals surface area contributed by atoms with Gasteiger partial charge in [0.05, 0.1) is 6.10 Å². The van der Waals surface area contributed by atoms with E-state index in [0.29, 0.717) is 0 Å². The zero-order chi connectivity index (χ0) is 14.4. The number of hydrogen-bond donors (Lipinski definition) is 4. The number of nitrogens with zero attached hydrogens (tertiary/aromatic N) is 3. The van der Waals surface area contributed by atoms with Crippen molar-refractivity contribution in [3.63, 3.8) is 0 Å². The number of hydrogen-bond acceptors (Lipinski definition) is 8. The number of rotatable bonds is 6. The van der Waals surface area contributed by atoms with Gasteiger partial charge in [-0.15, -0.1) is 0 Å². The molecule has 0 aliphatic carbocycles. The van der Waals surface area contributed by atoms with E-state index in [9.17, 15) is 4.79 Å². The van der Waals surface area contributed by atoms with Gasteiger partial charge in [-0.05, 0) is 20.8 Å². The van der Waals surface area contributed by atoms with Crippen LogP contribution >= 0.6 is 0 Å². The molecule has 0 radical (unpaired) electrons. The summed E-state index contributed by atoms with van der Waals surface area (Å²) in [5, 5.41) is 5.35. The molecule has 19 heavy (non-hydrogen) atoms. The highest BCUT2D eigenvalue weighted by Crippen LogP contribution is 2.12. The van der Waals surface area contributed by atoms with Crippen molar-refractivity contribution in [2.24, 2.45) is 5.84 Å². The van der Waals surface area contributed by atoms with Crippen molar-refractivity contribution in [3.05, 3.63) is 0 Å². The molecule has 0 saturated heterocycles. The summed E-state index contributed by atoms with van der Waals surface area (Å²) in [6, 6.07) is -0.366. The summed E-state index contributed by atoms with van der Waals surface area (Å²) in [7, 11) is 1.55. The molecular formula is C10H19N7O2. The predicted octanol–water partition coefficient (Wildman–Crippen LogP) is -0.509. The number of amides is 1. The van der Waals surface area contributed by atoms with E-state index < -0.39 is 6.04 Å². The fourth-order valence-corrected chi connectivity index (χ4v) is 1.22. The second-order valence-corrected chi connectivity index (χ2v) is 4.06. The number of likely N-dealkylation sites (N-methyl/N-ethyl adjacent to an activating group) is 1. The SMILES string of the molecule is CNC(=O)C(C)Nc1nc(NN)nc(OC(C)C)n1. The van der Waals surface area contributed by atoms with Crippen molar-refractivity contribution in [2.45, 2.75) is 32.9 Å². The maximum atomic E-state index is 11.4. The van der Waals surface area contributed by atoms with E-state index in [1.165, 1.54) is 0 Å².